The molecule has 1 aromatic rings. The highest BCUT2D eigenvalue weighted by Gasteiger charge is 2.34. The monoisotopic (exact) mass is 307 g/mol. The van der Waals surface area contributed by atoms with E-state index < -0.39 is 5.60 Å². The zero-order chi connectivity index (χ0) is 15.8. The summed E-state index contributed by atoms with van der Waals surface area (Å²) < 4.78 is 11.2. The van der Waals surface area contributed by atoms with E-state index in [9.17, 15) is 4.79 Å². The summed E-state index contributed by atoms with van der Waals surface area (Å²) in [6.45, 7) is 3.86. The van der Waals surface area contributed by atoms with E-state index >= 15 is 0 Å². The Labute approximate surface area is 131 Å². The molecule has 0 radical (unpaired) electrons. The third-order valence-electron chi connectivity index (χ3n) is 4.18. The molecule has 122 valence electrons. The molecule has 1 saturated heterocycles. The van der Waals surface area contributed by atoms with Gasteiger partial charge in [-0.1, -0.05) is 30.3 Å². The molecule has 1 amide bonds. The van der Waals surface area contributed by atoms with Crippen LogP contribution in [-0.2, 0) is 14.3 Å². The smallest absolute Gasteiger partial charge is 0.227 e. The van der Waals surface area contributed by atoms with E-state index in [1.54, 1.807) is 0 Å². The van der Waals surface area contributed by atoms with E-state index in [0.29, 0.717) is 19.8 Å². The Morgan fingerprint density at radius 2 is 2.05 bits per heavy atom. The summed E-state index contributed by atoms with van der Waals surface area (Å²) in [5, 5.41) is 12.0. The maximum Gasteiger partial charge on any atom is 0.227 e. The Hall–Kier alpha value is -1.43. The molecule has 1 unspecified atom stereocenters. The predicted octanol–water partition coefficient (Wildman–Crippen LogP) is 1.46. The minimum absolute atomic E-state index is 0.00957. The summed E-state index contributed by atoms with van der Waals surface area (Å²) in [6, 6.07) is 9.72. The molecule has 0 saturated carbocycles. The number of ether oxygens (including phenoxy) is 2. The van der Waals surface area contributed by atoms with Gasteiger partial charge >= 0.3 is 0 Å². The van der Waals surface area contributed by atoms with Gasteiger partial charge in [0.25, 0.3) is 0 Å². The number of aliphatic hydroxyl groups excluding tert-OH is 1. The molecular formula is C17H25NO4. The molecule has 1 aliphatic heterocycles. The largest absolute Gasteiger partial charge is 0.394 e. The van der Waals surface area contributed by atoms with Crippen molar-refractivity contribution in [2.75, 3.05) is 33.0 Å². The second-order valence-electron chi connectivity index (χ2n) is 5.72. The zero-order valence-corrected chi connectivity index (χ0v) is 13.1. The molecule has 2 N–H and O–H groups in total. The topological polar surface area (TPSA) is 67.8 Å². The van der Waals surface area contributed by atoms with Gasteiger partial charge in [0, 0.05) is 32.6 Å². The van der Waals surface area contributed by atoms with Crippen molar-refractivity contribution in [3.8, 4) is 0 Å². The Kier molecular flexibility index (Phi) is 6.36. The maximum atomic E-state index is 12.4. The van der Waals surface area contributed by atoms with Crippen LogP contribution in [0.2, 0.25) is 0 Å². The molecule has 1 aliphatic rings. The first-order valence-corrected chi connectivity index (χ1v) is 7.82. The summed E-state index contributed by atoms with van der Waals surface area (Å²) in [5.74, 6) is -0.208. The number of aliphatic hydroxyl groups is 1. The molecule has 1 heterocycles. The minimum atomic E-state index is -0.424. The third kappa shape index (κ3) is 4.53. The van der Waals surface area contributed by atoms with Gasteiger partial charge in [-0.25, -0.2) is 0 Å². The van der Waals surface area contributed by atoms with E-state index in [1.807, 2.05) is 37.3 Å². The Morgan fingerprint density at radius 3 is 2.68 bits per heavy atom. The van der Waals surface area contributed by atoms with Gasteiger partial charge < -0.3 is 19.9 Å². The van der Waals surface area contributed by atoms with Crippen LogP contribution in [0, 0.1) is 0 Å². The van der Waals surface area contributed by atoms with Crippen LogP contribution in [0.15, 0.2) is 30.3 Å². The van der Waals surface area contributed by atoms with Crippen molar-refractivity contribution in [3.05, 3.63) is 35.9 Å². The average Bonchev–Trinajstić information content (AvgIpc) is 2.59. The minimum Gasteiger partial charge on any atom is -0.394 e. The van der Waals surface area contributed by atoms with Crippen LogP contribution in [0.4, 0.5) is 0 Å². The molecule has 2 rings (SSSR count). The lowest BCUT2D eigenvalue weighted by atomic mass is 9.93. The second kappa shape index (κ2) is 8.27. The van der Waals surface area contributed by atoms with Gasteiger partial charge in [-0.3, -0.25) is 4.79 Å². The molecular weight excluding hydrogens is 282 g/mol. The second-order valence-corrected chi connectivity index (χ2v) is 5.72. The fourth-order valence-electron chi connectivity index (χ4n) is 2.67. The van der Waals surface area contributed by atoms with Crippen molar-refractivity contribution in [2.24, 2.45) is 0 Å². The summed E-state index contributed by atoms with van der Waals surface area (Å²) >= 11 is 0. The Morgan fingerprint density at radius 1 is 1.36 bits per heavy atom. The Bertz CT molecular complexity index is 457. The number of hydrogen-bond acceptors (Lipinski definition) is 4. The van der Waals surface area contributed by atoms with Crippen LogP contribution >= 0.6 is 0 Å². The Balaban J connectivity index is 1.92. The number of carbonyl (C=O) groups excluding carboxylic acids is 1. The molecule has 1 atom stereocenters. The van der Waals surface area contributed by atoms with Crippen molar-refractivity contribution in [3.63, 3.8) is 0 Å². The molecule has 5 nitrogen and oxygen atoms in total. The van der Waals surface area contributed by atoms with Crippen LogP contribution in [0.5, 0.6) is 0 Å². The lowest BCUT2D eigenvalue weighted by Gasteiger charge is -2.37. The summed E-state index contributed by atoms with van der Waals surface area (Å²) in [7, 11) is 0. The van der Waals surface area contributed by atoms with Gasteiger partial charge in [-0.15, -0.1) is 0 Å². The van der Waals surface area contributed by atoms with Gasteiger partial charge in [0.15, 0.2) is 0 Å². The van der Waals surface area contributed by atoms with E-state index in [4.69, 9.17) is 14.6 Å². The predicted molar refractivity (Wildman–Crippen MR) is 83.7 cm³/mol. The average molecular weight is 307 g/mol. The first-order valence-electron chi connectivity index (χ1n) is 7.82. The zero-order valence-electron chi connectivity index (χ0n) is 13.1. The molecule has 22 heavy (non-hydrogen) atoms. The van der Waals surface area contributed by atoms with E-state index in [-0.39, 0.29) is 25.0 Å². The number of amides is 1. The van der Waals surface area contributed by atoms with Crippen LogP contribution in [0.1, 0.15) is 31.2 Å². The van der Waals surface area contributed by atoms with E-state index in [2.05, 4.69) is 5.32 Å². The summed E-state index contributed by atoms with van der Waals surface area (Å²) in [4.78, 5) is 12.4. The van der Waals surface area contributed by atoms with Gasteiger partial charge in [0.1, 0.15) is 0 Å². The molecule has 0 spiro atoms. The lowest BCUT2D eigenvalue weighted by Crippen LogP contribution is -2.49. The summed E-state index contributed by atoms with van der Waals surface area (Å²) in [6.07, 6.45) is 1.46. The number of hydrogen-bond donors (Lipinski definition) is 2. The van der Waals surface area contributed by atoms with Gasteiger partial charge in [-0.05, 0) is 12.5 Å². The van der Waals surface area contributed by atoms with Gasteiger partial charge in [-0.2, -0.15) is 0 Å². The van der Waals surface area contributed by atoms with Crippen molar-refractivity contribution < 1.29 is 19.4 Å². The standard InChI is InChI=1S/C17H25NO4/c1-14(15-5-3-2-4-6-15)16(20)18-13-17(22-12-9-19)7-10-21-11-8-17/h2-6,14,19H,7-13H2,1H3,(H,18,20). The summed E-state index contributed by atoms with van der Waals surface area (Å²) in [5.41, 5.74) is 0.574. The number of rotatable bonds is 7. The van der Waals surface area contributed by atoms with Crippen molar-refractivity contribution in [2.45, 2.75) is 31.3 Å². The first-order chi connectivity index (χ1) is 10.7. The van der Waals surface area contributed by atoms with Crippen molar-refractivity contribution in [1.82, 2.24) is 5.32 Å². The fraction of sp³-hybridized carbons (Fsp3) is 0.588. The normalized spacial score (nSPS) is 18.6. The number of carbonyl (C=O) groups is 1. The van der Waals surface area contributed by atoms with E-state index in [0.717, 1.165) is 18.4 Å². The number of benzene rings is 1. The molecule has 1 aromatic carbocycles. The molecule has 0 aliphatic carbocycles. The maximum absolute atomic E-state index is 12.4. The van der Waals surface area contributed by atoms with Crippen LogP contribution in [-0.4, -0.2) is 49.6 Å². The van der Waals surface area contributed by atoms with Crippen LogP contribution in [0.3, 0.4) is 0 Å². The highest BCUT2D eigenvalue weighted by Crippen LogP contribution is 2.25. The molecule has 0 bridgehead atoms. The highest BCUT2D eigenvalue weighted by atomic mass is 16.5. The van der Waals surface area contributed by atoms with Crippen molar-refractivity contribution in [1.29, 1.82) is 0 Å². The van der Waals surface area contributed by atoms with Crippen molar-refractivity contribution >= 4 is 5.91 Å². The highest BCUT2D eigenvalue weighted by molar-refractivity contribution is 5.83. The van der Waals surface area contributed by atoms with E-state index in [1.165, 1.54) is 0 Å². The van der Waals surface area contributed by atoms with Gasteiger partial charge in [0.2, 0.25) is 5.91 Å². The van der Waals surface area contributed by atoms with Crippen LogP contribution < -0.4 is 5.32 Å². The third-order valence-corrected chi connectivity index (χ3v) is 4.18. The molecule has 1 fully saturated rings. The molecule has 5 heteroatoms. The number of nitrogens with one attached hydrogen (secondary N) is 1. The first kappa shape index (κ1) is 16.9. The van der Waals surface area contributed by atoms with Crippen LogP contribution in [0.25, 0.3) is 0 Å². The SMILES string of the molecule is CC(C(=O)NCC1(OCCO)CCOCC1)c1ccccc1. The van der Waals surface area contributed by atoms with Gasteiger partial charge in [0.05, 0.1) is 24.7 Å². The quantitative estimate of drug-likeness (QED) is 0.800. The fourth-order valence-corrected chi connectivity index (χ4v) is 2.67. The molecule has 0 aromatic heterocycles. The lowest BCUT2D eigenvalue weighted by molar-refractivity contribution is -0.131.